The second-order valence-electron chi connectivity index (χ2n) is 2.79. The predicted octanol–water partition coefficient (Wildman–Crippen LogP) is 0.392. The first kappa shape index (κ1) is 5.98. The van der Waals surface area contributed by atoms with Crippen LogP contribution in [0.3, 0.4) is 0 Å². The molecule has 0 aromatic carbocycles. The second-order valence-corrected chi connectivity index (χ2v) is 2.79. The highest BCUT2D eigenvalue weighted by molar-refractivity contribution is 5.25. The number of piperidine rings is 1. The fourth-order valence-electron chi connectivity index (χ4n) is 1.50. The van der Waals surface area contributed by atoms with Gasteiger partial charge in [-0.2, -0.15) is 0 Å². The third-order valence-electron chi connectivity index (χ3n) is 2.09. The summed E-state index contributed by atoms with van der Waals surface area (Å²) in [5.74, 6) is 0. The fourth-order valence-corrected chi connectivity index (χ4v) is 1.50. The summed E-state index contributed by atoms with van der Waals surface area (Å²) in [6.07, 6.45) is 7.52. The van der Waals surface area contributed by atoms with Gasteiger partial charge in [0.25, 0.3) is 0 Å². The van der Waals surface area contributed by atoms with Crippen LogP contribution in [0.25, 0.3) is 0 Å². The van der Waals surface area contributed by atoms with E-state index in [2.05, 4.69) is 22.8 Å². The van der Waals surface area contributed by atoms with E-state index in [4.69, 9.17) is 0 Å². The lowest BCUT2D eigenvalue weighted by atomic mass is 9.98. The Balaban J connectivity index is 2.14. The lowest BCUT2D eigenvalue weighted by Crippen LogP contribution is -2.41. The Hall–Kier alpha value is -0.760. The summed E-state index contributed by atoms with van der Waals surface area (Å²) in [5.41, 5.74) is 1.49. The molecule has 10 heavy (non-hydrogen) atoms. The Kier molecular flexibility index (Phi) is 1.47. The normalized spacial score (nSPS) is 30.4. The van der Waals surface area contributed by atoms with Crippen molar-refractivity contribution in [3.8, 4) is 0 Å². The zero-order valence-electron chi connectivity index (χ0n) is 5.93. The van der Waals surface area contributed by atoms with Gasteiger partial charge >= 0.3 is 0 Å². The molecule has 1 fully saturated rings. The van der Waals surface area contributed by atoms with E-state index in [9.17, 15) is 0 Å². The molecule has 2 N–H and O–H groups in total. The molecule has 0 aromatic heterocycles. The monoisotopic (exact) mass is 136 g/mol. The van der Waals surface area contributed by atoms with Crippen molar-refractivity contribution < 1.29 is 0 Å². The largest absolute Gasteiger partial charge is 0.384 e. The van der Waals surface area contributed by atoms with Gasteiger partial charge < -0.3 is 10.6 Å². The Bertz CT molecular complexity index is 182. The summed E-state index contributed by atoms with van der Waals surface area (Å²) in [5, 5.41) is 6.67. The van der Waals surface area contributed by atoms with Crippen LogP contribution in [0.4, 0.5) is 0 Å². The molecule has 0 saturated carbocycles. The van der Waals surface area contributed by atoms with Crippen molar-refractivity contribution in [3.63, 3.8) is 0 Å². The highest BCUT2D eigenvalue weighted by atomic mass is 15.0. The molecular weight excluding hydrogens is 124 g/mol. The van der Waals surface area contributed by atoms with Crippen LogP contribution in [0.15, 0.2) is 23.9 Å². The van der Waals surface area contributed by atoms with Gasteiger partial charge in [-0.05, 0) is 30.8 Å². The molecule has 2 heterocycles. The first-order valence-corrected chi connectivity index (χ1v) is 3.79. The minimum Gasteiger partial charge on any atom is -0.384 e. The average molecular weight is 136 g/mol. The maximum Gasteiger partial charge on any atom is 0.0495 e. The number of fused-ring (bicyclic) bond motifs is 1. The van der Waals surface area contributed by atoms with Crippen LogP contribution >= 0.6 is 0 Å². The third-order valence-corrected chi connectivity index (χ3v) is 2.09. The molecule has 2 nitrogen and oxygen atoms in total. The number of rotatable bonds is 0. The molecule has 0 aliphatic carbocycles. The third kappa shape index (κ3) is 0.948. The maximum absolute atomic E-state index is 3.34. The summed E-state index contributed by atoms with van der Waals surface area (Å²) >= 11 is 0. The van der Waals surface area contributed by atoms with Crippen LogP contribution < -0.4 is 10.6 Å². The minimum absolute atomic E-state index is 0.617. The molecule has 0 bridgehead atoms. The van der Waals surface area contributed by atoms with E-state index in [0.29, 0.717) is 6.04 Å². The summed E-state index contributed by atoms with van der Waals surface area (Å²) < 4.78 is 0. The zero-order valence-corrected chi connectivity index (χ0v) is 5.93. The van der Waals surface area contributed by atoms with E-state index in [0.717, 1.165) is 13.1 Å². The Labute approximate surface area is 61.0 Å². The molecule has 2 heteroatoms. The van der Waals surface area contributed by atoms with E-state index >= 15 is 0 Å². The van der Waals surface area contributed by atoms with Crippen molar-refractivity contribution in [2.24, 2.45) is 0 Å². The van der Waals surface area contributed by atoms with Gasteiger partial charge in [-0.1, -0.05) is 6.08 Å². The number of hydrogen-bond donors (Lipinski definition) is 2. The van der Waals surface area contributed by atoms with Crippen LogP contribution in [0.2, 0.25) is 0 Å². The highest BCUT2D eigenvalue weighted by Crippen LogP contribution is 2.12. The molecule has 2 rings (SSSR count). The molecule has 54 valence electrons. The van der Waals surface area contributed by atoms with Crippen LogP contribution in [-0.4, -0.2) is 19.1 Å². The number of allylic oxidation sites excluding steroid dienone is 2. The Morgan fingerprint density at radius 1 is 1.50 bits per heavy atom. The summed E-state index contributed by atoms with van der Waals surface area (Å²) in [7, 11) is 0. The van der Waals surface area contributed by atoms with Gasteiger partial charge in [0.2, 0.25) is 0 Å². The molecule has 1 unspecified atom stereocenters. The van der Waals surface area contributed by atoms with Gasteiger partial charge in [0, 0.05) is 12.6 Å². The Morgan fingerprint density at radius 2 is 2.50 bits per heavy atom. The molecule has 0 amide bonds. The Morgan fingerprint density at radius 3 is 3.40 bits per heavy atom. The van der Waals surface area contributed by atoms with Gasteiger partial charge in [-0.25, -0.2) is 0 Å². The van der Waals surface area contributed by atoms with Gasteiger partial charge in [0.05, 0.1) is 0 Å². The fraction of sp³-hybridized carbons (Fsp3) is 0.500. The van der Waals surface area contributed by atoms with Crippen molar-refractivity contribution >= 4 is 0 Å². The van der Waals surface area contributed by atoms with Crippen LogP contribution in [-0.2, 0) is 0 Å². The number of nitrogens with one attached hydrogen (secondary N) is 2. The van der Waals surface area contributed by atoms with Crippen molar-refractivity contribution in [2.45, 2.75) is 12.5 Å². The lowest BCUT2D eigenvalue weighted by molar-refractivity contribution is 0.503. The van der Waals surface area contributed by atoms with Gasteiger partial charge in [-0.3, -0.25) is 0 Å². The quantitative estimate of drug-likeness (QED) is 0.503. The SMILES string of the molecule is C1=CNC2CCNCC2=C1. The van der Waals surface area contributed by atoms with E-state index in [-0.39, 0.29) is 0 Å². The van der Waals surface area contributed by atoms with Crippen molar-refractivity contribution in [3.05, 3.63) is 23.9 Å². The highest BCUT2D eigenvalue weighted by Gasteiger charge is 2.17. The van der Waals surface area contributed by atoms with E-state index in [1.165, 1.54) is 12.0 Å². The van der Waals surface area contributed by atoms with Crippen LogP contribution in [0.1, 0.15) is 6.42 Å². The summed E-state index contributed by atoms with van der Waals surface area (Å²) in [6, 6.07) is 0.617. The van der Waals surface area contributed by atoms with Crippen LogP contribution in [0.5, 0.6) is 0 Å². The van der Waals surface area contributed by atoms with Gasteiger partial charge in [0.15, 0.2) is 0 Å². The predicted molar refractivity (Wildman–Crippen MR) is 41.6 cm³/mol. The first-order valence-electron chi connectivity index (χ1n) is 3.79. The number of dihydropyridines is 1. The van der Waals surface area contributed by atoms with Crippen molar-refractivity contribution in [1.29, 1.82) is 0 Å². The molecule has 2 aliphatic heterocycles. The minimum atomic E-state index is 0.617. The van der Waals surface area contributed by atoms with E-state index in [1.54, 1.807) is 0 Å². The molecule has 0 aromatic rings. The summed E-state index contributed by atoms with van der Waals surface area (Å²) in [4.78, 5) is 0. The molecular formula is C8H12N2. The lowest BCUT2D eigenvalue weighted by Gasteiger charge is -2.28. The van der Waals surface area contributed by atoms with Crippen molar-refractivity contribution in [1.82, 2.24) is 10.6 Å². The van der Waals surface area contributed by atoms with E-state index < -0.39 is 0 Å². The standard InChI is InChI=1S/C8H12N2/c1-2-7-6-9-5-3-8(7)10-4-1/h1-2,4,8-10H,3,5-6H2. The van der Waals surface area contributed by atoms with E-state index in [1.807, 2.05) is 6.20 Å². The molecule has 2 aliphatic rings. The smallest absolute Gasteiger partial charge is 0.0495 e. The average Bonchev–Trinajstić information content (AvgIpc) is 2.05. The molecule has 0 radical (unpaired) electrons. The zero-order chi connectivity index (χ0) is 6.81. The van der Waals surface area contributed by atoms with Crippen LogP contribution in [0, 0.1) is 0 Å². The van der Waals surface area contributed by atoms with Crippen molar-refractivity contribution in [2.75, 3.05) is 13.1 Å². The molecule has 1 atom stereocenters. The molecule has 1 saturated heterocycles. The second kappa shape index (κ2) is 2.46. The topological polar surface area (TPSA) is 24.1 Å². The van der Waals surface area contributed by atoms with Gasteiger partial charge in [-0.15, -0.1) is 0 Å². The first-order chi connectivity index (χ1) is 4.97. The van der Waals surface area contributed by atoms with Gasteiger partial charge in [0.1, 0.15) is 0 Å². The molecule has 0 spiro atoms. The summed E-state index contributed by atoms with van der Waals surface area (Å²) in [6.45, 7) is 2.20. The number of hydrogen-bond acceptors (Lipinski definition) is 2. The maximum atomic E-state index is 3.34.